The van der Waals surface area contributed by atoms with Crippen molar-refractivity contribution in [3.05, 3.63) is 51.3 Å². The van der Waals surface area contributed by atoms with Gasteiger partial charge in [0.2, 0.25) is 0 Å². The number of nitrogens with one attached hydrogen (secondary N) is 1. The van der Waals surface area contributed by atoms with E-state index in [1.165, 1.54) is 22.4 Å². The quantitative estimate of drug-likeness (QED) is 0.895. The Balaban J connectivity index is 2.52. The summed E-state index contributed by atoms with van der Waals surface area (Å²) in [5.74, 6) is 0. The number of benzene rings is 1. The average Bonchev–Trinajstić information content (AvgIpc) is 2.78. The van der Waals surface area contributed by atoms with Crippen molar-refractivity contribution < 1.29 is 0 Å². The van der Waals surface area contributed by atoms with Gasteiger partial charge in [0.1, 0.15) is 0 Å². The molecule has 0 saturated heterocycles. The van der Waals surface area contributed by atoms with Crippen molar-refractivity contribution >= 4 is 15.9 Å². The fourth-order valence-corrected chi connectivity index (χ4v) is 3.10. The molecule has 1 atom stereocenters. The normalized spacial score (nSPS) is 12.7. The first-order valence-corrected chi connectivity index (χ1v) is 7.84. The smallest absolute Gasteiger partial charge is 0.0760 e. The van der Waals surface area contributed by atoms with Crippen molar-refractivity contribution in [2.75, 3.05) is 7.05 Å². The van der Waals surface area contributed by atoms with Crippen LogP contribution in [0.15, 0.2) is 28.9 Å². The van der Waals surface area contributed by atoms with E-state index in [0.29, 0.717) is 0 Å². The number of halogens is 1. The minimum atomic E-state index is 0.151. The van der Waals surface area contributed by atoms with E-state index in [9.17, 15) is 0 Å². The van der Waals surface area contributed by atoms with Gasteiger partial charge in [-0.25, -0.2) is 0 Å². The van der Waals surface area contributed by atoms with Crippen LogP contribution in [-0.4, -0.2) is 16.8 Å². The van der Waals surface area contributed by atoms with Gasteiger partial charge in [0.25, 0.3) is 0 Å². The van der Waals surface area contributed by atoms with E-state index < -0.39 is 0 Å². The van der Waals surface area contributed by atoms with E-state index in [4.69, 9.17) is 0 Å². The number of nitrogens with zero attached hydrogens (tertiary/aromatic N) is 2. The Hall–Kier alpha value is -1.13. The molecule has 1 aromatic carbocycles. The number of aryl methyl sites for hydroxylation is 2. The number of hydrogen-bond acceptors (Lipinski definition) is 2. The Labute approximate surface area is 129 Å². The number of hydrogen-bond donors (Lipinski definition) is 1. The topological polar surface area (TPSA) is 29.9 Å². The van der Waals surface area contributed by atoms with Gasteiger partial charge in [-0.15, -0.1) is 0 Å². The van der Waals surface area contributed by atoms with Gasteiger partial charge in [0, 0.05) is 6.54 Å². The van der Waals surface area contributed by atoms with Gasteiger partial charge in [0.15, 0.2) is 0 Å². The summed E-state index contributed by atoms with van der Waals surface area (Å²) in [6.07, 6.45) is 2.96. The highest BCUT2D eigenvalue weighted by Crippen LogP contribution is 2.31. The molecule has 1 N–H and O–H groups in total. The zero-order valence-corrected chi connectivity index (χ0v) is 14.2. The largest absolute Gasteiger partial charge is 0.308 e. The minimum Gasteiger partial charge on any atom is -0.308 e. The molecule has 0 aliphatic carbocycles. The highest BCUT2D eigenvalue weighted by Gasteiger charge is 2.22. The molecule has 0 saturated carbocycles. The number of aromatic nitrogens is 2. The van der Waals surface area contributed by atoms with Crippen molar-refractivity contribution in [3.8, 4) is 0 Å². The summed E-state index contributed by atoms with van der Waals surface area (Å²) >= 11 is 3.65. The summed E-state index contributed by atoms with van der Waals surface area (Å²) in [4.78, 5) is 0. The van der Waals surface area contributed by atoms with E-state index >= 15 is 0 Å². The Bertz CT molecular complexity index is 589. The van der Waals surface area contributed by atoms with E-state index in [1.54, 1.807) is 0 Å². The van der Waals surface area contributed by atoms with Crippen LogP contribution < -0.4 is 5.32 Å². The zero-order chi connectivity index (χ0) is 14.7. The van der Waals surface area contributed by atoms with Crippen LogP contribution in [0.1, 0.15) is 41.8 Å². The Morgan fingerprint density at radius 1 is 1.35 bits per heavy atom. The molecule has 3 nitrogen and oxygen atoms in total. The lowest BCUT2D eigenvalue weighted by Gasteiger charge is -2.22. The minimum absolute atomic E-state index is 0.151. The fourth-order valence-electron chi connectivity index (χ4n) is 2.57. The maximum atomic E-state index is 4.48. The monoisotopic (exact) mass is 335 g/mol. The summed E-state index contributed by atoms with van der Waals surface area (Å²) in [5.41, 5.74) is 5.16. The maximum absolute atomic E-state index is 4.48. The van der Waals surface area contributed by atoms with E-state index in [2.05, 4.69) is 70.0 Å². The fraction of sp³-hybridized carbons (Fsp3) is 0.438. The van der Waals surface area contributed by atoms with Crippen molar-refractivity contribution in [2.45, 2.75) is 39.8 Å². The summed E-state index contributed by atoms with van der Waals surface area (Å²) in [5, 5.41) is 7.92. The van der Waals surface area contributed by atoms with Crippen LogP contribution in [0, 0.1) is 13.8 Å². The molecule has 0 spiro atoms. The molecule has 2 rings (SSSR count). The third kappa shape index (κ3) is 2.81. The molecule has 0 aliphatic heterocycles. The second-order valence-electron chi connectivity index (χ2n) is 5.11. The zero-order valence-electron chi connectivity index (χ0n) is 12.6. The Morgan fingerprint density at radius 3 is 2.75 bits per heavy atom. The molecule has 0 amide bonds. The van der Waals surface area contributed by atoms with Crippen molar-refractivity contribution in [3.63, 3.8) is 0 Å². The maximum Gasteiger partial charge on any atom is 0.0760 e. The molecule has 1 unspecified atom stereocenters. The highest BCUT2D eigenvalue weighted by molar-refractivity contribution is 9.10. The molecule has 4 heteroatoms. The summed E-state index contributed by atoms with van der Waals surface area (Å²) < 4.78 is 3.15. The van der Waals surface area contributed by atoms with E-state index in [1.807, 2.05) is 13.2 Å². The molecule has 0 aliphatic rings. The lowest BCUT2D eigenvalue weighted by Crippen LogP contribution is -2.23. The summed E-state index contributed by atoms with van der Waals surface area (Å²) in [6.45, 7) is 7.45. The Morgan fingerprint density at radius 2 is 2.10 bits per heavy atom. The first-order valence-electron chi connectivity index (χ1n) is 7.04. The first-order chi connectivity index (χ1) is 9.60. The van der Waals surface area contributed by atoms with Gasteiger partial charge in [-0.1, -0.05) is 25.1 Å². The van der Waals surface area contributed by atoms with Gasteiger partial charge in [-0.3, -0.25) is 4.68 Å². The second-order valence-corrected chi connectivity index (χ2v) is 5.97. The lowest BCUT2D eigenvalue weighted by atomic mass is 9.95. The van der Waals surface area contributed by atoms with E-state index in [-0.39, 0.29) is 6.04 Å². The molecule has 0 fully saturated rings. The van der Waals surface area contributed by atoms with Gasteiger partial charge in [-0.2, -0.15) is 5.10 Å². The first kappa shape index (κ1) is 15.3. The van der Waals surface area contributed by atoms with Crippen molar-refractivity contribution in [1.82, 2.24) is 15.1 Å². The predicted molar refractivity (Wildman–Crippen MR) is 87.0 cm³/mol. The standard InChI is InChI=1S/C16H22BrN3/c1-5-9-20-16(14(17)10-19-20)15(18-4)13-8-6-7-11(2)12(13)3/h6-8,10,15,18H,5,9H2,1-4H3. The van der Waals surface area contributed by atoms with Crippen LogP contribution in [0.3, 0.4) is 0 Å². The second kappa shape index (κ2) is 6.55. The third-order valence-electron chi connectivity index (χ3n) is 3.79. The van der Waals surface area contributed by atoms with Crippen molar-refractivity contribution in [1.29, 1.82) is 0 Å². The van der Waals surface area contributed by atoms with Gasteiger partial charge in [-0.05, 0) is 59.9 Å². The lowest BCUT2D eigenvalue weighted by molar-refractivity contribution is 0.532. The molecule has 108 valence electrons. The molecule has 20 heavy (non-hydrogen) atoms. The summed E-state index contributed by atoms with van der Waals surface area (Å²) in [7, 11) is 2.00. The highest BCUT2D eigenvalue weighted by atomic mass is 79.9. The molecule has 0 radical (unpaired) electrons. The molecule has 1 heterocycles. The van der Waals surface area contributed by atoms with Gasteiger partial charge in [0.05, 0.1) is 22.4 Å². The molecular weight excluding hydrogens is 314 g/mol. The Kier molecular flexibility index (Phi) is 5.00. The average molecular weight is 336 g/mol. The van der Waals surface area contributed by atoms with Crippen LogP contribution in [0.4, 0.5) is 0 Å². The molecular formula is C16H22BrN3. The van der Waals surface area contributed by atoms with Gasteiger partial charge < -0.3 is 5.32 Å². The number of rotatable bonds is 5. The van der Waals surface area contributed by atoms with Crippen molar-refractivity contribution in [2.24, 2.45) is 0 Å². The van der Waals surface area contributed by atoms with Crippen LogP contribution in [0.2, 0.25) is 0 Å². The third-order valence-corrected chi connectivity index (χ3v) is 4.40. The summed E-state index contributed by atoms with van der Waals surface area (Å²) in [6, 6.07) is 6.62. The van der Waals surface area contributed by atoms with E-state index in [0.717, 1.165) is 17.4 Å². The molecule has 1 aromatic heterocycles. The van der Waals surface area contributed by atoms with Gasteiger partial charge >= 0.3 is 0 Å². The SMILES string of the molecule is CCCn1ncc(Br)c1C(NC)c1cccc(C)c1C. The molecule has 0 bridgehead atoms. The predicted octanol–water partition coefficient (Wildman–Crippen LogP) is 3.98. The van der Waals surface area contributed by atoms with Crippen LogP contribution in [0.5, 0.6) is 0 Å². The molecule has 2 aromatic rings. The van der Waals surface area contributed by atoms with Crippen LogP contribution in [0.25, 0.3) is 0 Å². The van der Waals surface area contributed by atoms with Crippen LogP contribution in [-0.2, 0) is 6.54 Å². The van der Waals surface area contributed by atoms with Crippen LogP contribution >= 0.6 is 15.9 Å².